The van der Waals surface area contributed by atoms with Crippen LogP contribution in [0.25, 0.3) is 0 Å². The normalized spacial score (nSPS) is 12.2. The number of phenols is 1. The Labute approximate surface area is 177 Å². The monoisotopic (exact) mass is 432 g/mol. The van der Waals surface area contributed by atoms with Crippen LogP contribution in [0.3, 0.4) is 0 Å². The number of nitrogens with one attached hydrogen (secondary N) is 1. The number of aromatic nitrogens is 1. The van der Waals surface area contributed by atoms with E-state index in [0.29, 0.717) is 37.2 Å². The number of sulfonamides is 1. The van der Waals surface area contributed by atoms with Crippen molar-refractivity contribution >= 4 is 21.6 Å². The number of hydrogen-bond donors (Lipinski definition) is 2. The summed E-state index contributed by atoms with van der Waals surface area (Å²) in [5.74, 6) is -0.540. The van der Waals surface area contributed by atoms with E-state index in [1.165, 1.54) is 22.8 Å². The summed E-state index contributed by atoms with van der Waals surface area (Å²) in [5, 5.41) is 14.0. The van der Waals surface area contributed by atoms with Crippen LogP contribution in [0, 0.1) is 6.92 Å². The molecule has 0 radical (unpaired) electrons. The van der Waals surface area contributed by atoms with E-state index in [0.717, 1.165) is 5.56 Å². The minimum absolute atomic E-state index is 0.0333. The Morgan fingerprint density at radius 1 is 1.17 bits per heavy atom. The van der Waals surface area contributed by atoms with Crippen molar-refractivity contribution in [2.24, 2.45) is 5.10 Å². The molecule has 0 aliphatic heterocycles. The molecule has 1 heterocycles. The van der Waals surface area contributed by atoms with Crippen molar-refractivity contribution in [1.29, 1.82) is 0 Å². The van der Waals surface area contributed by atoms with Crippen LogP contribution < -0.4 is 5.43 Å². The number of carbonyl (C=O) groups is 1. The van der Waals surface area contributed by atoms with Crippen LogP contribution in [-0.4, -0.2) is 47.5 Å². The summed E-state index contributed by atoms with van der Waals surface area (Å²) in [6.45, 7) is 8.15. The van der Waals surface area contributed by atoms with Gasteiger partial charge >= 0.3 is 0 Å². The third-order valence-corrected chi connectivity index (χ3v) is 6.29. The van der Waals surface area contributed by atoms with Gasteiger partial charge in [0.25, 0.3) is 5.91 Å². The largest absolute Gasteiger partial charge is 0.507 e. The molecule has 1 amide bonds. The standard InChI is InChI=1S/C21H28N4O4S/c1-5-9-25(10-6-2)30(28,29)18-12-17(13-22-14-18)21(27)24-23-16(4)19-11-15(3)7-8-20(19)26/h7-8,11-14,26H,5-6,9-10H2,1-4H3,(H,24,27)/b23-16+. The van der Waals surface area contributed by atoms with E-state index < -0.39 is 15.9 Å². The topological polar surface area (TPSA) is 112 Å². The van der Waals surface area contributed by atoms with Crippen molar-refractivity contribution in [1.82, 2.24) is 14.7 Å². The Morgan fingerprint density at radius 2 is 1.83 bits per heavy atom. The van der Waals surface area contributed by atoms with Crippen molar-refractivity contribution in [3.8, 4) is 5.75 Å². The number of rotatable bonds is 9. The molecule has 0 bridgehead atoms. The van der Waals surface area contributed by atoms with Gasteiger partial charge in [-0.3, -0.25) is 9.78 Å². The molecule has 0 saturated heterocycles. The fraction of sp³-hybridized carbons (Fsp3) is 0.381. The van der Waals surface area contributed by atoms with Gasteiger partial charge in [-0.15, -0.1) is 0 Å². The number of carbonyl (C=O) groups excluding carboxylic acids is 1. The second-order valence-corrected chi connectivity index (χ2v) is 8.91. The second-order valence-electron chi connectivity index (χ2n) is 6.97. The molecule has 1 aromatic heterocycles. The minimum atomic E-state index is -3.74. The Hall–Kier alpha value is -2.78. The quantitative estimate of drug-likeness (QED) is 0.467. The van der Waals surface area contributed by atoms with Gasteiger partial charge in [-0.2, -0.15) is 9.41 Å². The summed E-state index contributed by atoms with van der Waals surface area (Å²) < 4.78 is 27.2. The number of hydrogen-bond acceptors (Lipinski definition) is 6. The minimum Gasteiger partial charge on any atom is -0.507 e. The maximum Gasteiger partial charge on any atom is 0.272 e. The lowest BCUT2D eigenvalue weighted by Crippen LogP contribution is -2.33. The maximum absolute atomic E-state index is 12.9. The highest BCUT2D eigenvalue weighted by atomic mass is 32.2. The molecule has 1 aromatic carbocycles. The molecule has 2 N–H and O–H groups in total. The van der Waals surface area contributed by atoms with Crippen molar-refractivity contribution in [3.05, 3.63) is 53.3 Å². The highest BCUT2D eigenvalue weighted by Gasteiger charge is 2.24. The highest BCUT2D eigenvalue weighted by Crippen LogP contribution is 2.19. The van der Waals surface area contributed by atoms with E-state index >= 15 is 0 Å². The van der Waals surface area contributed by atoms with Gasteiger partial charge in [0.05, 0.1) is 11.3 Å². The molecule has 0 atom stereocenters. The molecule has 0 aliphatic rings. The van der Waals surface area contributed by atoms with Crippen LogP contribution >= 0.6 is 0 Å². The van der Waals surface area contributed by atoms with Crippen LogP contribution in [0.2, 0.25) is 0 Å². The van der Waals surface area contributed by atoms with Gasteiger partial charge in [0.2, 0.25) is 10.0 Å². The molecular formula is C21H28N4O4S. The molecule has 2 aromatic rings. The average Bonchev–Trinajstić information content (AvgIpc) is 2.73. The number of aromatic hydroxyl groups is 1. The van der Waals surface area contributed by atoms with E-state index in [-0.39, 0.29) is 16.2 Å². The number of amides is 1. The molecule has 0 spiro atoms. The molecule has 0 fully saturated rings. The Kier molecular flexibility index (Phi) is 8.08. The third-order valence-electron chi connectivity index (χ3n) is 4.43. The number of nitrogens with zero attached hydrogens (tertiary/aromatic N) is 3. The van der Waals surface area contributed by atoms with Gasteiger partial charge in [-0.05, 0) is 44.9 Å². The molecular weight excluding hydrogens is 404 g/mol. The first-order chi connectivity index (χ1) is 14.2. The van der Waals surface area contributed by atoms with E-state index in [4.69, 9.17) is 0 Å². The van der Waals surface area contributed by atoms with Gasteiger partial charge in [-0.25, -0.2) is 13.8 Å². The fourth-order valence-corrected chi connectivity index (χ4v) is 4.50. The van der Waals surface area contributed by atoms with E-state index in [1.807, 2.05) is 20.8 Å². The molecule has 2 rings (SSSR count). The summed E-state index contributed by atoms with van der Waals surface area (Å²) >= 11 is 0. The van der Waals surface area contributed by atoms with Gasteiger partial charge in [0, 0.05) is 31.0 Å². The third kappa shape index (κ3) is 5.64. The first kappa shape index (κ1) is 23.5. The summed E-state index contributed by atoms with van der Waals surface area (Å²) in [6, 6.07) is 6.38. The zero-order valence-corrected chi connectivity index (χ0v) is 18.5. The predicted octanol–water partition coefficient (Wildman–Crippen LogP) is 3.06. The van der Waals surface area contributed by atoms with E-state index in [9.17, 15) is 18.3 Å². The Morgan fingerprint density at radius 3 is 2.47 bits per heavy atom. The van der Waals surface area contributed by atoms with Crippen LogP contribution in [0.4, 0.5) is 0 Å². The van der Waals surface area contributed by atoms with Crippen LogP contribution in [-0.2, 0) is 10.0 Å². The smallest absolute Gasteiger partial charge is 0.272 e. The lowest BCUT2D eigenvalue weighted by atomic mass is 10.1. The van der Waals surface area contributed by atoms with Gasteiger partial charge in [-0.1, -0.05) is 25.5 Å². The zero-order chi connectivity index (χ0) is 22.3. The molecule has 162 valence electrons. The molecule has 0 saturated carbocycles. The number of phenolic OH excluding ortho intramolecular Hbond substituents is 1. The summed E-state index contributed by atoms with van der Waals surface area (Å²) in [5.41, 5.74) is 4.32. The Balaban J connectivity index is 2.24. The van der Waals surface area contributed by atoms with Crippen molar-refractivity contribution in [2.75, 3.05) is 13.1 Å². The lowest BCUT2D eigenvalue weighted by molar-refractivity contribution is 0.0954. The van der Waals surface area contributed by atoms with Gasteiger partial charge in [0.1, 0.15) is 10.6 Å². The zero-order valence-electron chi connectivity index (χ0n) is 17.7. The highest BCUT2D eigenvalue weighted by molar-refractivity contribution is 7.89. The van der Waals surface area contributed by atoms with Crippen molar-refractivity contribution in [3.63, 3.8) is 0 Å². The molecule has 8 nitrogen and oxygen atoms in total. The van der Waals surface area contributed by atoms with Crippen LogP contribution in [0.1, 0.15) is 55.1 Å². The number of hydrazone groups is 1. The number of benzene rings is 1. The molecule has 0 unspecified atom stereocenters. The first-order valence-corrected chi connectivity index (χ1v) is 11.2. The van der Waals surface area contributed by atoms with Crippen molar-refractivity contribution < 1.29 is 18.3 Å². The second kappa shape index (κ2) is 10.3. The van der Waals surface area contributed by atoms with Crippen LogP contribution in [0.15, 0.2) is 46.7 Å². The first-order valence-electron chi connectivity index (χ1n) is 9.80. The van der Waals surface area contributed by atoms with E-state index in [2.05, 4.69) is 15.5 Å². The predicted molar refractivity (Wildman–Crippen MR) is 116 cm³/mol. The number of aryl methyl sites for hydroxylation is 1. The average molecular weight is 433 g/mol. The number of pyridine rings is 1. The maximum atomic E-state index is 12.9. The molecule has 0 aliphatic carbocycles. The van der Waals surface area contributed by atoms with Gasteiger partial charge < -0.3 is 5.11 Å². The summed E-state index contributed by atoms with van der Waals surface area (Å²) in [6.07, 6.45) is 3.90. The van der Waals surface area contributed by atoms with Crippen LogP contribution in [0.5, 0.6) is 5.75 Å². The summed E-state index contributed by atoms with van der Waals surface area (Å²) in [7, 11) is -3.74. The SMILES string of the molecule is CCCN(CCC)S(=O)(=O)c1cncc(C(=O)N/N=C(\C)c2cc(C)ccc2O)c1. The van der Waals surface area contributed by atoms with Crippen molar-refractivity contribution in [2.45, 2.75) is 45.4 Å². The van der Waals surface area contributed by atoms with E-state index in [1.54, 1.807) is 25.1 Å². The fourth-order valence-electron chi connectivity index (χ4n) is 2.88. The lowest BCUT2D eigenvalue weighted by Gasteiger charge is -2.20. The molecule has 9 heteroatoms. The Bertz CT molecular complexity index is 1030. The van der Waals surface area contributed by atoms with Gasteiger partial charge in [0.15, 0.2) is 0 Å². The molecule has 30 heavy (non-hydrogen) atoms. The summed E-state index contributed by atoms with van der Waals surface area (Å²) in [4.78, 5) is 16.4.